The number of carbonyl (C=O) groups is 1. The molecule has 0 aliphatic carbocycles. The van der Waals surface area contributed by atoms with Crippen LogP contribution in [0.4, 0.5) is 0 Å². The molecule has 0 aromatic heterocycles. The predicted octanol–water partition coefficient (Wildman–Crippen LogP) is 3.80. The van der Waals surface area contributed by atoms with Gasteiger partial charge in [0.05, 0.1) is 0 Å². The Morgan fingerprint density at radius 1 is 0.870 bits per heavy atom. The topological polar surface area (TPSA) is 17.1 Å². The van der Waals surface area contributed by atoms with Crippen molar-refractivity contribution >= 4 is 14.1 Å². The second-order valence-corrected chi connectivity index (χ2v) is 8.67. The van der Waals surface area contributed by atoms with Gasteiger partial charge >= 0.3 is 18.9 Å². The van der Waals surface area contributed by atoms with Crippen LogP contribution in [0.3, 0.4) is 0 Å². The smallest absolute Gasteiger partial charge is 0.459 e. The fourth-order valence-corrected chi connectivity index (χ4v) is 3.49. The monoisotopic (exact) mass is 326 g/mol. The van der Waals surface area contributed by atoms with Gasteiger partial charge in [-0.25, -0.2) is 0 Å². The third-order valence-electron chi connectivity index (χ3n) is 3.95. The molecule has 3 heteroatoms. The quantitative estimate of drug-likeness (QED) is 0.550. The van der Waals surface area contributed by atoms with E-state index in [0.29, 0.717) is 29.2 Å². The summed E-state index contributed by atoms with van der Waals surface area (Å²) in [7, 11) is 0.935. The first-order valence-corrected chi connectivity index (χ1v) is 9.62. The number of rotatable bonds is 7. The van der Waals surface area contributed by atoms with Crippen molar-refractivity contribution in [3.63, 3.8) is 0 Å². The van der Waals surface area contributed by atoms with Crippen LogP contribution in [0.2, 0.25) is 0 Å². The molecule has 1 rings (SSSR count). The molecule has 0 saturated carbocycles. The summed E-state index contributed by atoms with van der Waals surface area (Å²) in [5.41, 5.74) is 5.12. The van der Waals surface area contributed by atoms with Gasteiger partial charge in [0.1, 0.15) is 0 Å². The summed E-state index contributed by atoms with van der Waals surface area (Å²) >= 11 is 0. The fraction of sp³-hybridized carbons (Fsp3) is 0.650. The average molecular weight is 326 g/mol. The molecule has 0 saturated heterocycles. The number of carbonyl (C=O) groups excluding carboxylic acids is 1. The Labute approximate surface area is 157 Å². The summed E-state index contributed by atoms with van der Waals surface area (Å²) < 4.78 is 0. The zero-order valence-electron chi connectivity index (χ0n) is 16.5. The van der Waals surface area contributed by atoms with Crippen LogP contribution in [0.15, 0.2) is 12.1 Å². The largest absolute Gasteiger partial charge is 1.00 e. The van der Waals surface area contributed by atoms with Crippen molar-refractivity contribution in [3.05, 3.63) is 34.4 Å². The Morgan fingerprint density at radius 2 is 1.30 bits per heavy atom. The van der Waals surface area contributed by atoms with Gasteiger partial charge in [0.25, 0.3) is 0 Å². The molecule has 0 atom stereocenters. The maximum atomic E-state index is 12.9. The van der Waals surface area contributed by atoms with E-state index >= 15 is 0 Å². The maximum Gasteiger partial charge on any atom is 1.00 e. The molecule has 0 N–H and O–H groups in total. The van der Waals surface area contributed by atoms with Crippen LogP contribution < -0.4 is 18.9 Å². The van der Waals surface area contributed by atoms with Crippen LogP contribution in [0.25, 0.3) is 0 Å². The van der Waals surface area contributed by atoms with E-state index in [1.165, 1.54) is 16.7 Å². The Balaban J connectivity index is 0.00000484. The van der Waals surface area contributed by atoms with E-state index in [-0.39, 0.29) is 18.9 Å². The van der Waals surface area contributed by atoms with Gasteiger partial charge in [-0.2, -0.15) is 6.16 Å². The number of hydrogen-bond donors (Lipinski definition) is 0. The van der Waals surface area contributed by atoms with E-state index < -0.39 is 0 Å². The molecule has 124 valence electrons. The molecule has 0 unspecified atom stereocenters. The summed E-state index contributed by atoms with van der Waals surface area (Å²) in [5.74, 6) is 1.81. The standard InChI is InChI=1S/C20H32OP.Li/c1-12(2)11-22-20(21)19-17(14(5)6)9-16(13(3)4)10-18(19)15(7)8;/h9-10,12-15H,11H2,1-8H3;/q-1;+1. The van der Waals surface area contributed by atoms with E-state index in [4.69, 9.17) is 0 Å². The van der Waals surface area contributed by atoms with E-state index in [1.54, 1.807) is 0 Å². The zero-order chi connectivity index (χ0) is 17.0. The van der Waals surface area contributed by atoms with Gasteiger partial charge in [-0.1, -0.05) is 73.4 Å². The van der Waals surface area contributed by atoms with Crippen LogP contribution in [0.1, 0.15) is 100 Å². The molecule has 1 aromatic rings. The minimum absolute atomic E-state index is 0. The Bertz CT molecular complexity index is 489. The Hall–Kier alpha value is -0.0826. The normalized spacial score (nSPS) is 12.0. The van der Waals surface area contributed by atoms with Gasteiger partial charge in [0.15, 0.2) is 0 Å². The Morgan fingerprint density at radius 3 is 1.61 bits per heavy atom. The van der Waals surface area contributed by atoms with E-state index in [1.807, 2.05) is 0 Å². The van der Waals surface area contributed by atoms with Crippen LogP contribution in [0.5, 0.6) is 0 Å². The second-order valence-electron chi connectivity index (χ2n) is 7.58. The van der Waals surface area contributed by atoms with Gasteiger partial charge in [0, 0.05) is 5.52 Å². The third kappa shape index (κ3) is 6.38. The van der Waals surface area contributed by atoms with Crippen molar-refractivity contribution in [2.75, 3.05) is 6.16 Å². The SMILES string of the molecule is CC(C)C[P-]C(=O)c1c(C(C)C)cc(C(C)C)cc1C(C)C.[Li+]. The van der Waals surface area contributed by atoms with Gasteiger partial charge < -0.3 is 13.4 Å². The van der Waals surface area contributed by atoms with Gasteiger partial charge in [-0.15, -0.1) is 0 Å². The fourth-order valence-electron chi connectivity index (χ4n) is 2.55. The molecule has 0 radical (unpaired) electrons. The molecule has 1 nitrogen and oxygen atoms in total. The summed E-state index contributed by atoms with van der Waals surface area (Å²) in [6.45, 7) is 17.6. The van der Waals surface area contributed by atoms with E-state index in [2.05, 4.69) is 67.5 Å². The first-order chi connectivity index (χ1) is 10.1. The zero-order valence-corrected chi connectivity index (χ0v) is 17.4. The first-order valence-electron chi connectivity index (χ1n) is 8.54. The second kappa shape index (κ2) is 10.0. The summed E-state index contributed by atoms with van der Waals surface area (Å²) in [6, 6.07) is 4.53. The molecule has 0 aliphatic heterocycles. The van der Waals surface area contributed by atoms with Crippen LogP contribution in [-0.4, -0.2) is 11.7 Å². The molecule has 0 aliphatic rings. The molecule has 0 fully saturated rings. The van der Waals surface area contributed by atoms with Crippen LogP contribution >= 0.6 is 8.58 Å². The molecule has 0 spiro atoms. The molecule has 0 heterocycles. The number of hydrogen-bond acceptors (Lipinski definition) is 1. The van der Waals surface area contributed by atoms with Crippen molar-refractivity contribution in [1.82, 2.24) is 0 Å². The van der Waals surface area contributed by atoms with Gasteiger partial charge in [0.2, 0.25) is 0 Å². The molecule has 0 bridgehead atoms. The van der Waals surface area contributed by atoms with Crippen LogP contribution in [-0.2, 0) is 0 Å². The molecule has 23 heavy (non-hydrogen) atoms. The first kappa shape index (κ1) is 22.9. The predicted molar refractivity (Wildman–Crippen MR) is 99.7 cm³/mol. The van der Waals surface area contributed by atoms with E-state index in [9.17, 15) is 4.79 Å². The minimum atomic E-state index is 0. The average Bonchev–Trinajstić information content (AvgIpc) is 2.42. The van der Waals surface area contributed by atoms with Crippen molar-refractivity contribution in [3.8, 4) is 0 Å². The van der Waals surface area contributed by atoms with Crippen molar-refractivity contribution in [2.24, 2.45) is 5.92 Å². The van der Waals surface area contributed by atoms with E-state index in [0.717, 1.165) is 20.3 Å². The van der Waals surface area contributed by atoms with Crippen molar-refractivity contribution in [1.29, 1.82) is 0 Å². The Kier molecular flexibility index (Phi) is 10.00. The molecule has 0 amide bonds. The van der Waals surface area contributed by atoms with Crippen LogP contribution in [0, 0.1) is 5.92 Å². The summed E-state index contributed by atoms with van der Waals surface area (Å²) in [5, 5.41) is 0. The third-order valence-corrected chi connectivity index (χ3v) is 5.37. The van der Waals surface area contributed by atoms with Gasteiger partial charge in [-0.05, 0) is 40.0 Å². The van der Waals surface area contributed by atoms with Crippen molar-refractivity contribution in [2.45, 2.75) is 73.1 Å². The molecular formula is C20H32LiOP. The van der Waals surface area contributed by atoms with Gasteiger partial charge in [-0.3, -0.25) is 0 Å². The van der Waals surface area contributed by atoms with Crippen molar-refractivity contribution < 1.29 is 23.7 Å². The maximum absolute atomic E-state index is 12.9. The minimum Gasteiger partial charge on any atom is -0.459 e. The molecular weight excluding hydrogens is 294 g/mol. The summed E-state index contributed by atoms with van der Waals surface area (Å²) in [6.07, 6.45) is 0.944. The summed E-state index contributed by atoms with van der Waals surface area (Å²) in [4.78, 5) is 12.9. The number of benzene rings is 1. The molecule has 1 aromatic carbocycles.